The zero-order chi connectivity index (χ0) is 68.0. The second-order valence-corrected chi connectivity index (χ2v) is 24.7. The highest BCUT2D eigenvalue weighted by Crippen LogP contribution is 2.41. The third-order valence-corrected chi connectivity index (χ3v) is 16.9. The lowest BCUT2D eigenvalue weighted by Crippen LogP contribution is -2.54. The van der Waals surface area contributed by atoms with Crippen LogP contribution in [0.2, 0.25) is 20.1 Å². The van der Waals surface area contributed by atoms with Crippen LogP contribution in [0.5, 0.6) is 0 Å². The number of aliphatic hydroxyl groups excluding tert-OH is 4. The summed E-state index contributed by atoms with van der Waals surface area (Å²) in [5, 5.41) is 65.9. The fourth-order valence-electron chi connectivity index (χ4n) is 10.8. The van der Waals surface area contributed by atoms with Gasteiger partial charge in [-0.1, -0.05) is 93.2 Å². The number of aromatic nitrogens is 6. The summed E-state index contributed by atoms with van der Waals surface area (Å²) in [4.78, 5) is 29.3. The number of ether oxygens (including phenoxy) is 10. The second kappa shape index (κ2) is 41.3. The van der Waals surface area contributed by atoms with Crippen LogP contribution in [-0.2, 0) is 83.1 Å². The predicted molar refractivity (Wildman–Crippen MR) is 358 cm³/mol. The van der Waals surface area contributed by atoms with Crippen LogP contribution in [0, 0.1) is 0 Å². The van der Waals surface area contributed by atoms with Crippen molar-refractivity contribution in [1.82, 2.24) is 50.4 Å². The first-order valence-electron chi connectivity index (χ1n) is 32.0. The molecule has 2 amide bonds. The van der Waals surface area contributed by atoms with Gasteiger partial charge < -0.3 is 88.2 Å². The molecule has 0 aliphatic carbocycles. The largest absolute Gasteiger partial charge is 0.387 e. The van der Waals surface area contributed by atoms with E-state index >= 15 is 0 Å². The van der Waals surface area contributed by atoms with Crippen molar-refractivity contribution in [3.8, 4) is 22.5 Å². The highest BCUT2D eigenvalue weighted by atomic mass is 35.5. The number of benzene rings is 4. The van der Waals surface area contributed by atoms with Gasteiger partial charge in [-0.3, -0.25) is 9.59 Å². The summed E-state index contributed by atoms with van der Waals surface area (Å²) in [5.74, 6) is -1.85. The molecule has 6 aromatic rings. The maximum Gasteiger partial charge on any atom is 0.251 e. The van der Waals surface area contributed by atoms with Crippen molar-refractivity contribution < 1.29 is 77.4 Å². The number of carbonyl (C=O) groups excluding carboxylic acids is 2. The zero-order valence-electron chi connectivity index (χ0n) is 54.1. The third-order valence-electron chi connectivity index (χ3n) is 15.8. The van der Waals surface area contributed by atoms with E-state index in [1.54, 1.807) is 21.5 Å². The second-order valence-electron chi connectivity index (χ2n) is 23.0. The van der Waals surface area contributed by atoms with Crippen molar-refractivity contribution in [2.75, 3.05) is 172 Å². The van der Waals surface area contributed by atoms with Crippen LogP contribution in [0.3, 0.4) is 0 Å². The first-order valence-corrected chi connectivity index (χ1v) is 33.5. The van der Waals surface area contributed by atoms with Gasteiger partial charge in [0.25, 0.3) is 11.8 Å². The first-order chi connectivity index (χ1) is 46.6. The molecular formula is C66H88Cl4N10O16. The summed E-state index contributed by atoms with van der Waals surface area (Å²) in [6.45, 7) is 10.7. The van der Waals surface area contributed by atoms with Crippen LogP contribution in [-0.4, -0.2) is 269 Å². The fraction of sp³-hybridized carbons (Fsp3) is 0.545. The normalized spacial score (nSPS) is 16.3. The van der Waals surface area contributed by atoms with E-state index in [2.05, 4.69) is 79.4 Å². The Balaban J connectivity index is 0.537. The number of rotatable bonds is 45. The van der Waals surface area contributed by atoms with Gasteiger partial charge in [-0.25, -0.2) is 9.36 Å². The van der Waals surface area contributed by atoms with Crippen LogP contribution in [0.25, 0.3) is 22.5 Å². The minimum Gasteiger partial charge on any atom is -0.387 e. The monoisotopic (exact) mass is 1420 g/mol. The van der Waals surface area contributed by atoms with E-state index in [0.717, 1.165) is 82.1 Å². The van der Waals surface area contributed by atoms with Gasteiger partial charge in [-0.2, -0.15) is 0 Å². The van der Waals surface area contributed by atoms with E-state index in [1.165, 1.54) is 0 Å². The van der Waals surface area contributed by atoms with E-state index in [4.69, 9.17) is 93.8 Å². The summed E-state index contributed by atoms with van der Waals surface area (Å²) in [6.07, 6.45) is -4.83. The number of halogens is 4. The number of carbonyl (C=O) groups is 2. The molecule has 0 unspecified atom stereocenters. The molecule has 6 N–H and O–H groups in total. The van der Waals surface area contributed by atoms with E-state index in [9.17, 15) is 30.0 Å². The Bertz CT molecular complexity index is 3110. The number of likely N-dealkylation sites (N-methyl/N-ethyl adjacent to an activating group) is 2. The van der Waals surface area contributed by atoms with E-state index in [0.29, 0.717) is 126 Å². The van der Waals surface area contributed by atoms with Gasteiger partial charge in [0.05, 0.1) is 158 Å². The van der Waals surface area contributed by atoms with Gasteiger partial charge in [0, 0.05) is 82.3 Å². The lowest BCUT2D eigenvalue weighted by Gasteiger charge is -2.33. The van der Waals surface area contributed by atoms with E-state index in [-0.39, 0.29) is 64.6 Å². The van der Waals surface area contributed by atoms with Gasteiger partial charge in [0.2, 0.25) is 0 Å². The lowest BCUT2D eigenvalue weighted by molar-refractivity contribution is -0.155. The number of nitrogens with zero attached hydrogens (tertiary/aromatic N) is 8. The van der Waals surface area contributed by atoms with Gasteiger partial charge in [-0.05, 0) is 83.9 Å². The molecule has 26 nitrogen and oxygen atoms in total. The van der Waals surface area contributed by atoms with Crippen LogP contribution >= 0.6 is 46.4 Å². The SMILES string of the molecule is CN1Cc2c(Cl)cc(Cl)cc2[C@@H](c2cccc(-c3cn(CCOCCOCCOCCOCCOCCNC(=O)[C@H](O)[C@@H](O)[C@@H](O)[C@H](O)C(=O)NCCOCCOCCOCCOCCOCCn4cc(-c5cccc([C@@H]6CN(C)Cc7c(Cl)cc(Cl)cc76)c5)nn4)nn3)c2)C1. The van der Waals surface area contributed by atoms with Crippen molar-refractivity contribution >= 4 is 58.2 Å². The zero-order valence-corrected chi connectivity index (χ0v) is 57.1. The molecule has 0 bridgehead atoms. The molecule has 8 rings (SSSR count). The Morgan fingerprint density at radius 1 is 0.469 bits per heavy atom. The summed E-state index contributed by atoms with van der Waals surface area (Å²) < 4.78 is 59.1. The van der Waals surface area contributed by atoms with E-state index < -0.39 is 36.2 Å². The molecule has 2 aromatic heterocycles. The van der Waals surface area contributed by atoms with Gasteiger partial charge in [0.1, 0.15) is 23.6 Å². The quantitative estimate of drug-likeness (QED) is 0.0287. The van der Waals surface area contributed by atoms with Crippen LogP contribution in [0.15, 0.2) is 85.2 Å². The van der Waals surface area contributed by atoms with Crippen molar-refractivity contribution in [3.05, 3.63) is 139 Å². The lowest BCUT2D eigenvalue weighted by atomic mass is 9.84. The minimum absolute atomic E-state index is 0.0386. The van der Waals surface area contributed by atoms with Crippen molar-refractivity contribution in [1.29, 1.82) is 0 Å². The molecule has 526 valence electrons. The average molecular weight is 1420 g/mol. The molecule has 0 saturated carbocycles. The molecule has 4 heterocycles. The Morgan fingerprint density at radius 2 is 0.792 bits per heavy atom. The highest BCUT2D eigenvalue weighted by molar-refractivity contribution is 6.35. The van der Waals surface area contributed by atoms with Gasteiger partial charge in [0.15, 0.2) is 12.2 Å². The highest BCUT2D eigenvalue weighted by Gasteiger charge is 2.37. The van der Waals surface area contributed by atoms with Crippen LogP contribution < -0.4 is 10.6 Å². The molecule has 96 heavy (non-hydrogen) atoms. The third kappa shape index (κ3) is 24.5. The minimum atomic E-state index is -2.17. The Labute approximate surface area is 579 Å². The average Bonchev–Trinajstić information content (AvgIpc) is 0.944. The number of hydrogen-bond acceptors (Lipinski definition) is 22. The number of amides is 2. The molecule has 0 spiro atoms. The molecule has 0 fully saturated rings. The Hall–Kier alpha value is -5.38. The Kier molecular flexibility index (Phi) is 32.8. The standard InChI is InChI=1S/C66H88Cl4N10O16/c1-77-39-53(51-35-49(67)37-57(69)55(51)41-77)45-5-3-7-47(33-45)59-43-79(75-73-59)11-15-89-19-23-93-27-31-95-29-25-91-21-17-87-13-9-71-65(85)63(83)61(81)62(82)64(84)66(86)72-10-14-88-18-22-92-26-30-96-32-28-94-24-20-90-16-12-80-44-60(74-76-80)48-8-4-6-46(34-48)54-40-78(2)42-56-52(54)36-50(68)38-58(56)70/h3-8,33-38,43-44,53-54,61-64,81-84H,9-32,39-42H2,1-2H3,(H,71,85)(H,72,86)/t53-,54+,61+,62-,63-,64+. The fourth-order valence-corrected chi connectivity index (χ4v) is 12.0. The number of hydrogen-bond donors (Lipinski definition) is 6. The molecular weight excluding hydrogens is 1330 g/mol. The smallest absolute Gasteiger partial charge is 0.251 e. The maximum absolute atomic E-state index is 12.4. The summed E-state index contributed by atoms with van der Waals surface area (Å²) in [7, 11) is 4.18. The molecule has 2 aliphatic rings. The first kappa shape index (κ1) is 76.4. The summed E-state index contributed by atoms with van der Waals surface area (Å²) in [5.41, 5.74) is 10.3. The van der Waals surface area contributed by atoms with Crippen molar-refractivity contribution in [3.63, 3.8) is 0 Å². The van der Waals surface area contributed by atoms with Crippen LogP contribution in [0.1, 0.15) is 45.2 Å². The van der Waals surface area contributed by atoms with Crippen molar-refractivity contribution in [2.24, 2.45) is 0 Å². The van der Waals surface area contributed by atoms with Crippen molar-refractivity contribution in [2.45, 2.75) is 62.4 Å². The summed E-state index contributed by atoms with van der Waals surface area (Å²) in [6, 6.07) is 24.3. The summed E-state index contributed by atoms with van der Waals surface area (Å²) >= 11 is 26.0. The molecule has 30 heteroatoms. The Morgan fingerprint density at radius 3 is 1.14 bits per heavy atom. The molecule has 4 aromatic carbocycles. The molecule has 0 saturated heterocycles. The van der Waals surface area contributed by atoms with Gasteiger partial charge in [-0.15, -0.1) is 10.2 Å². The topological polar surface area (TPSA) is 299 Å². The number of nitrogens with one attached hydrogen (secondary N) is 2. The van der Waals surface area contributed by atoms with Crippen LogP contribution in [0.4, 0.5) is 0 Å². The maximum atomic E-state index is 12.4. The molecule has 6 atom stereocenters. The van der Waals surface area contributed by atoms with E-state index in [1.807, 2.05) is 48.8 Å². The van der Waals surface area contributed by atoms with Gasteiger partial charge >= 0.3 is 0 Å². The number of fused-ring (bicyclic) bond motifs is 2. The molecule has 0 radical (unpaired) electrons. The number of aliphatic hydroxyl groups is 4. The predicted octanol–water partition coefficient (Wildman–Crippen LogP) is 4.51. The molecule has 2 aliphatic heterocycles.